The topological polar surface area (TPSA) is 12.5 Å². The van der Waals surface area contributed by atoms with E-state index < -0.39 is 0 Å². The number of nitrogens with zero attached hydrogens (tertiary/aromatic N) is 1. The Balaban J connectivity index is 1.70. The van der Waals surface area contributed by atoms with Gasteiger partial charge in [0.1, 0.15) is 0 Å². The molecular weight excluding hydrogens is 198 g/mol. The molecule has 0 atom stereocenters. The molecule has 0 aromatic heterocycles. The molecule has 16 heavy (non-hydrogen) atoms. The first kappa shape index (κ1) is 12.4. The fourth-order valence-electron chi connectivity index (χ4n) is 3.36. The molecule has 0 aromatic rings. The highest BCUT2D eigenvalue weighted by atomic mass is 16.5. The maximum Gasteiger partial charge on any atom is 0.0589 e. The summed E-state index contributed by atoms with van der Waals surface area (Å²) in [6.45, 7) is 10.5. The van der Waals surface area contributed by atoms with Crippen molar-refractivity contribution in [2.45, 2.75) is 65.1 Å². The molecule has 1 spiro atoms. The van der Waals surface area contributed by atoms with Crippen molar-refractivity contribution in [3.63, 3.8) is 0 Å². The van der Waals surface area contributed by atoms with Crippen molar-refractivity contribution in [2.24, 2.45) is 5.41 Å². The lowest BCUT2D eigenvalue weighted by atomic mass is 9.61. The quantitative estimate of drug-likeness (QED) is 0.729. The van der Waals surface area contributed by atoms with Gasteiger partial charge in [0.25, 0.3) is 0 Å². The molecule has 0 N–H and O–H groups in total. The number of hydrogen-bond acceptors (Lipinski definition) is 2. The van der Waals surface area contributed by atoms with Gasteiger partial charge < -0.3 is 9.64 Å². The van der Waals surface area contributed by atoms with Crippen LogP contribution in [0.5, 0.6) is 0 Å². The van der Waals surface area contributed by atoms with Crippen LogP contribution in [0.3, 0.4) is 0 Å². The van der Waals surface area contributed by atoms with Crippen molar-refractivity contribution in [3.05, 3.63) is 0 Å². The van der Waals surface area contributed by atoms with E-state index in [-0.39, 0.29) is 0 Å². The number of ether oxygens (including phenoxy) is 1. The summed E-state index contributed by atoms with van der Waals surface area (Å²) in [4.78, 5) is 2.63. The van der Waals surface area contributed by atoms with Gasteiger partial charge in [0, 0.05) is 0 Å². The molecule has 1 saturated carbocycles. The molecule has 1 heterocycles. The van der Waals surface area contributed by atoms with E-state index in [0.717, 1.165) is 0 Å². The normalized spacial score (nSPS) is 26.2. The van der Waals surface area contributed by atoms with E-state index in [1.54, 1.807) is 0 Å². The minimum Gasteiger partial charge on any atom is -0.376 e. The van der Waals surface area contributed by atoms with E-state index in [1.807, 2.05) is 0 Å². The van der Waals surface area contributed by atoms with E-state index >= 15 is 0 Å². The summed E-state index contributed by atoms with van der Waals surface area (Å²) in [5.41, 5.74) is 0.670. The molecule has 94 valence electrons. The Labute approximate surface area is 100 Å². The number of likely N-dealkylation sites (tertiary alicyclic amines) is 1. The fraction of sp³-hybridized carbons (Fsp3) is 1.00. The highest BCUT2D eigenvalue weighted by Crippen LogP contribution is 2.50. The Morgan fingerprint density at radius 1 is 1.25 bits per heavy atom. The molecular formula is C14H27NO. The SMILES string of the molecule is CCCN1CCC2(CC1)CC(OC(C)C)C2. The van der Waals surface area contributed by atoms with Crippen LogP contribution in [0.2, 0.25) is 0 Å². The van der Waals surface area contributed by atoms with Crippen LogP contribution in [0.25, 0.3) is 0 Å². The van der Waals surface area contributed by atoms with Gasteiger partial charge in [-0.1, -0.05) is 6.92 Å². The van der Waals surface area contributed by atoms with E-state index in [2.05, 4.69) is 25.7 Å². The van der Waals surface area contributed by atoms with Crippen LogP contribution in [0.15, 0.2) is 0 Å². The van der Waals surface area contributed by atoms with E-state index in [9.17, 15) is 0 Å². The monoisotopic (exact) mass is 225 g/mol. The first-order chi connectivity index (χ1) is 7.63. The van der Waals surface area contributed by atoms with Crippen molar-refractivity contribution < 1.29 is 4.74 Å². The Morgan fingerprint density at radius 3 is 2.38 bits per heavy atom. The van der Waals surface area contributed by atoms with Gasteiger partial charge >= 0.3 is 0 Å². The molecule has 2 aliphatic rings. The van der Waals surface area contributed by atoms with Gasteiger partial charge in [0.2, 0.25) is 0 Å². The predicted octanol–water partition coefficient (Wildman–Crippen LogP) is 3.07. The van der Waals surface area contributed by atoms with Crippen molar-refractivity contribution in [1.82, 2.24) is 4.90 Å². The standard InChI is InChI=1S/C14H27NO/c1-4-7-15-8-5-14(6-9-15)10-13(11-14)16-12(2)3/h12-13H,4-11H2,1-3H3. The Bertz CT molecular complexity index is 211. The molecule has 2 nitrogen and oxygen atoms in total. The largest absolute Gasteiger partial charge is 0.376 e. The van der Waals surface area contributed by atoms with Crippen molar-refractivity contribution in [1.29, 1.82) is 0 Å². The highest BCUT2D eigenvalue weighted by molar-refractivity contribution is 4.98. The summed E-state index contributed by atoms with van der Waals surface area (Å²) in [6.07, 6.45) is 7.73. The zero-order valence-electron chi connectivity index (χ0n) is 11.2. The molecule has 2 fully saturated rings. The minimum atomic E-state index is 0.405. The predicted molar refractivity (Wildman–Crippen MR) is 67.6 cm³/mol. The van der Waals surface area contributed by atoms with Crippen LogP contribution < -0.4 is 0 Å². The second-order valence-electron chi connectivity index (χ2n) is 6.06. The van der Waals surface area contributed by atoms with Crippen molar-refractivity contribution in [3.8, 4) is 0 Å². The molecule has 0 bridgehead atoms. The van der Waals surface area contributed by atoms with Crippen LogP contribution in [-0.4, -0.2) is 36.7 Å². The first-order valence-corrected chi connectivity index (χ1v) is 7.01. The Kier molecular flexibility index (Phi) is 3.91. The summed E-state index contributed by atoms with van der Waals surface area (Å²) < 4.78 is 5.87. The molecule has 1 aliphatic heterocycles. The third kappa shape index (κ3) is 2.78. The van der Waals surface area contributed by atoms with Gasteiger partial charge in [-0.3, -0.25) is 0 Å². The third-order valence-electron chi connectivity index (χ3n) is 4.24. The minimum absolute atomic E-state index is 0.405. The number of piperidine rings is 1. The summed E-state index contributed by atoms with van der Waals surface area (Å²) in [5, 5.41) is 0. The van der Waals surface area contributed by atoms with Crippen LogP contribution in [-0.2, 0) is 4.74 Å². The van der Waals surface area contributed by atoms with E-state index in [1.165, 1.54) is 51.7 Å². The maximum absolute atomic E-state index is 5.87. The second-order valence-corrected chi connectivity index (χ2v) is 6.06. The van der Waals surface area contributed by atoms with Crippen molar-refractivity contribution in [2.75, 3.05) is 19.6 Å². The third-order valence-corrected chi connectivity index (χ3v) is 4.24. The lowest BCUT2D eigenvalue weighted by Gasteiger charge is -2.52. The lowest BCUT2D eigenvalue weighted by molar-refractivity contribution is -0.123. The molecule has 0 aromatic carbocycles. The first-order valence-electron chi connectivity index (χ1n) is 7.01. The van der Waals surface area contributed by atoms with Gasteiger partial charge in [-0.25, -0.2) is 0 Å². The zero-order valence-corrected chi connectivity index (χ0v) is 11.2. The average Bonchev–Trinajstić information content (AvgIpc) is 2.18. The molecule has 0 amide bonds. The van der Waals surface area contributed by atoms with Gasteiger partial charge in [-0.05, 0) is 71.0 Å². The summed E-state index contributed by atoms with van der Waals surface area (Å²) >= 11 is 0. The molecule has 1 saturated heterocycles. The molecule has 1 aliphatic carbocycles. The number of hydrogen-bond donors (Lipinski definition) is 0. The van der Waals surface area contributed by atoms with Crippen LogP contribution >= 0.6 is 0 Å². The zero-order chi connectivity index (χ0) is 11.6. The Hall–Kier alpha value is -0.0800. The van der Waals surface area contributed by atoms with Gasteiger partial charge in [-0.15, -0.1) is 0 Å². The fourth-order valence-corrected chi connectivity index (χ4v) is 3.36. The van der Waals surface area contributed by atoms with Crippen molar-refractivity contribution >= 4 is 0 Å². The van der Waals surface area contributed by atoms with E-state index in [0.29, 0.717) is 17.6 Å². The smallest absolute Gasteiger partial charge is 0.0589 e. The number of rotatable bonds is 4. The molecule has 0 radical (unpaired) electrons. The molecule has 2 rings (SSSR count). The van der Waals surface area contributed by atoms with Crippen LogP contribution in [0, 0.1) is 5.41 Å². The van der Waals surface area contributed by atoms with Crippen LogP contribution in [0.1, 0.15) is 52.9 Å². The highest BCUT2D eigenvalue weighted by Gasteiger charge is 2.46. The Morgan fingerprint density at radius 2 is 1.88 bits per heavy atom. The molecule has 2 heteroatoms. The summed E-state index contributed by atoms with van der Waals surface area (Å²) in [6, 6.07) is 0. The van der Waals surface area contributed by atoms with Gasteiger partial charge in [0.05, 0.1) is 12.2 Å². The van der Waals surface area contributed by atoms with E-state index in [4.69, 9.17) is 4.74 Å². The summed E-state index contributed by atoms with van der Waals surface area (Å²) in [7, 11) is 0. The lowest BCUT2D eigenvalue weighted by Crippen LogP contribution is -2.50. The maximum atomic E-state index is 5.87. The average molecular weight is 225 g/mol. The van der Waals surface area contributed by atoms with Crippen LogP contribution in [0.4, 0.5) is 0 Å². The van der Waals surface area contributed by atoms with Gasteiger partial charge in [0.15, 0.2) is 0 Å². The summed E-state index contributed by atoms with van der Waals surface area (Å²) in [5.74, 6) is 0. The van der Waals surface area contributed by atoms with Gasteiger partial charge in [-0.2, -0.15) is 0 Å². The second kappa shape index (κ2) is 5.05. The molecule has 0 unspecified atom stereocenters.